The summed E-state index contributed by atoms with van der Waals surface area (Å²) < 4.78 is 20.8. The fourth-order valence-corrected chi connectivity index (χ4v) is 2.80. The smallest absolute Gasteiger partial charge is 0.211 e. The van der Waals surface area contributed by atoms with Crippen molar-refractivity contribution in [2.75, 3.05) is 21.3 Å². The third-order valence-electron chi connectivity index (χ3n) is 3.98. The summed E-state index contributed by atoms with van der Waals surface area (Å²) >= 11 is 0. The lowest BCUT2D eigenvalue weighted by Gasteiger charge is -2.14. The summed E-state index contributed by atoms with van der Waals surface area (Å²) in [4.78, 5) is 13.0. The second-order valence-electron chi connectivity index (χ2n) is 5.30. The summed E-state index contributed by atoms with van der Waals surface area (Å²) in [6.07, 6.45) is 1.15. The van der Waals surface area contributed by atoms with Crippen molar-refractivity contribution in [3.63, 3.8) is 0 Å². The molecule has 0 atom stereocenters. The number of hydrogen-bond donors (Lipinski definition) is 3. The first-order valence-electron chi connectivity index (χ1n) is 7.43. The maximum absolute atomic E-state index is 13.0. The number of fused-ring (bicyclic) bond motifs is 1. The maximum atomic E-state index is 13.0. The molecule has 0 saturated heterocycles. The van der Waals surface area contributed by atoms with Crippen LogP contribution in [0, 0.1) is 0 Å². The van der Waals surface area contributed by atoms with Crippen LogP contribution >= 0.6 is 0 Å². The fourth-order valence-electron chi connectivity index (χ4n) is 2.80. The summed E-state index contributed by atoms with van der Waals surface area (Å²) in [5.41, 5.74) is -0.458. The molecule has 8 nitrogen and oxygen atoms in total. The Morgan fingerprint density at radius 3 is 2.12 bits per heavy atom. The summed E-state index contributed by atoms with van der Waals surface area (Å²) in [6.45, 7) is 0. The molecule has 0 saturated carbocycles. The molecule has 1 heterocycles. The standard InChI is InChI=1S/C18H16O8/c1-23-15-8(5-4-6-10(15)19)9-7-26-16-11(12(9)20)13(21)14(22)17(24-2)18(16)25-3/h4-7,19,21-22H,1-3H3. The molecule has 0 bridgehead atoms. The third-order valence-corrected chi connectivity index (χ3v) is 3.98. The van der Waals surface area contributed by atoms with Gasteiger partial charge in [0.2, 0.25) is 22.7 Å². The molecule has 8 heteroatoms. The molecule has 136 valence electrons. The monoisotopic (exact) mass is 360 g/mol. The zero-order chi connectivity index (χ0) is 19.0. The van der Waals surface area contributed by atoms with Crippen LogP contribution in [0.15, 0.2) is 33.7 Å². The minimum absolute atomic E-state index is 0.0205. The molecule has 26 heavy (non-hydrogen) atoms. The Kier molecular flexibility index (Phi) is 4.25. The Labute approximate surface area is 147 Å². The molecular weight excluding hydrogens is 344 g/mol. The molecule has 0 amide bonds. The molecular formula is C18H16O8. The van der Waals surface area contributed by atoms with Crippen LogP contribution in [0.1, 0.15) is 0 Å². The van der Waals surface area contributed by atoms with Gasteiger partial charge in [-0.1, -0.05) is 12.1 Å². The number of benzene rings is 2. The van der Waals surface area contributed by atoms with E-state index in [1.807, 2.05) is 0 Å². The van der Waals surface area contributed by atoms with Gasteiger partial charge in [0, 0.05) is 5.56 Å². The van der Waals surface area contributed by atoms with Gasteiger partial charge in [-0.2, -0.15) is 0 Å². The first-order chi connectivity index (χ1) is 12.5. The number of methoxy groups -OCH3 is 3. The average molecular weight is 360 g/mol. The van der Waals surface area contributed by atoms with E-state index in [4.69, 9.17) is 18.6 Å². The van der Waals surface area contributed by atoms with E-state index in [2.05, 4.69) is 0 Å². The summed E-state index contributed by atoms with van der Waals surface area (Å²) in [7, 11) is 3.92. The molecule has 3 N–H and O–H groups in total. The molecule has 2 aromatic carbocycles. The zero-order valence-electron chi connectivity index (χ0n) is 14.2. The number of phenolic OH excluding ortho intramolecular Hbond substituents is 3. The summed E-state index contributed by atoms with van der Waals surface area (Å²) in [5.74, 6) is -1.64. The van der Waals surface area contributed by atoms with Crippen LogP contribution in [0.3, 0.4) is 0 Å². The second kappa shape index (κ2) is 6.40. The molecule has 0 aliphatic heterocycles. The van der Waals surface area contributed by atoms with Crippen molar-refractivity contribution in [2.45, 2.75) is 0 Å². The third kappa shape index (κ3) is 2.34. The van der Waals surface area contributed by atoms with Crippen molar-refractivity contribution >= 4 is 11.0 Å². The minimum Gasteiger partial charge on any atom is -0.504 e. The number of para-hydroxylation sites is 1. The highest BCUT2D eigenvalue weighted by Gasteiger charge is 2.26. The van der Waals surface area contributed by atoms with Crippen LogP contribution in [-0.2, 0) is 0 Å². The Morgan fingerprint density at radius 1 is 0.846 bits per heavy atom. The quantitative estimate of drug-likeness (QED) is 0.608. The molecule has 0 fully saturated rings. The van der Waals surface area contributed by atoms with E-state index in [0.29, 0.717) is 0 Å². The lowest BCUT2D eigenvalue weighted by Crippen LogP contribution is -2.07. The van der Waals surface area contributed by atoms with Crippen LogP contribution < -0.4 is 19.6 Å². The number of rotatable bonds is 4. The molecule has 0 aliphatic rings. The van der Waals surface area contributed by atoms with Gasteiger partial charge >= 0.3 is 0 Å². The van der Waals surface area contributed by atoms with Crippen LogP contribution in [0.5, 0.6) is 34.5 Å². The largest absolute Gasteiger partial charge is 0.504 e. The Hall–Kier alpha value is -3.55. The second-order valence-corrected chi connectivity index (χ2v) is 5.30. The van der Waals surface area contributed by atoms with E-state index in [1.165, 1.54) is 33.5 Å². The predicted molar refractivity (Wildman–Crippen MR) is 92.6 cm³/mol. The predicted octanol–water partition coefficient (Wildman–Crippen LogP) is 2.60. The maximum Gasteiger partial charge on any atom is 0.211 e. The van der Waals surface area contributed by atoms with Crippen molar-refractivity contribution in [3.05, 3.63) is 34.7 Å². The average Bonchev–Trinajstić information content (AvgIpc) is 2.64. The number of hydrogen-bond acceptors (Lipinski definition) is 8. The molecule has 0 radical (unpaired) electrons. The van der Waals surface area contributed by atoms with Crippen LogP contribution in [0.25, 0.3) is 22.1 Å². The molecule has 0 unspecified atom stereocenters. The SMILES string of the molecule is COc1c(O)cccc1-c1coc2c(OC)c(OC)c(O)c(O)c2c1=O. The minimum atomic E-state index is -0.702. The van der Waals surface area contributed by atoms with Crippen LogP contribution in [0.2, 0.25) is 0 Å². The topological polar surface area (TPSA) is 119 Å². The van der Waals surface area contributed by atoms with E-state index in [9.17, 15) is 20.1 Å². The van der Waals surface area contributed by atoms with Crippen molar-refractivity contribution in [3.8, 4) is 45.6 Å². The van der Waals surface area contributed by atoms with Crippen LogP contribution in [-0.4, -0.2) is 36.6 Å². The zero-order valence-corrected chi connectivity index (χ0v) is 14.2. The highest BCUT2D eigenvalue weighted by molar-refractivity contribution is 5.96. The Morgan fingerprint density at radius 2 is 1.50 bits per heavy atom. The van der Waals surface area contributed by atoms with Crippen molar-refractivity contribution in [2.24, 2.45) is 0 Å². The summed E-state index contributed by atoms with van der Waals surface area (Å²) in [5, 5.41) is 30.1. The van der Waals surface area contributed by atoms with Crippen molar-refractivity contribution < 1.29 is 33.9 Å². The summed E-state index contributed by atoms with van der Waals surface area (Å²) in [6, 6.07) is 4.49. The molecule has 0 spiro atoms. The van der Waals surface area contributed by atoms with Gasteiger partial charge in [-0.15, -0.1) is 0 Å². The van der Waals surface area contributed by atoms with Gasteiger partial charge in [-0.3, -0.25) is 4.79 Å². The van der Waals surface area contributed by atoms with Gasteiger partial charge in [0.15, 0.2) is 22.8 Å². The van der Waals surface area contributed by atoms with E-state index >= 15 is 0 Å². The molecule has 0 aliphatic carbocycles. The van der Waals surface area contributed by atoms with E-state index in [-0.39, 0.29) is 45.1 Å². The highest BCUT2D eigenvalue weighted by Crippen LogP contribution is 2.49. The van der Waals surface area contributed by atoms with Gasteiger partial charge in [0.05, 0.1) is 26.9 Å². The van der Waals surface area contributed by atoms with E-state index in [1.54, 1.807) is 6.07 Å². The van der Waals surface area contributed by atoms with Crippen LogP contribution in [0.4, 0.5) is 0 Å². The van der Waals surface area contributed by atoms with Gasteiger partial charge in [0.25, 0.3) is 0 Å². The molecule has 3 aromatic rings. The molecule has 3 rings (SSSR count). The number of phenols is 3. The fraction of sp³-hybridized carbons (Fsp3) is 0.167. The van der Waals surface area contributed by atoms with Crippen molar-refractivity contribution in [1.29, 1.82) is 0 Å². The first kappa shape index (κ1) is 17.3. The Balaban J connectivity index is 2.44. The number of ether oxygens (including phenoxy) is 3. The normalized spacial score (nSPS) is 10.7. The number of aromatic hydroxyl groups is 3. The van der Waals surface area contributed by atoms with E-state index in [0.717, 1.165) is 6.26 Å². The van der Waals surface area contributed by atoms with Gasteiger partial charge in [-0.25, -0.2) is 0 Å². The molecule has 1 aromatic heterocycles. The first-order valence-corrected chi connectivity index (χ1v) is 7.43. The van der Waals surface area contributed by atoms with Gasteiger partial charge < -0.3 is 33.9 Å². The van der Waals surface area contributed by atoms with Gasteiger partial charge in [0.1, 0.15) is 11.6 Å². The van der Waals surface area contributed by atoms with Crippen molar-refractivity contribution in [1.82, 2.24) is 0 Å². The highest BCUT2D eigenvalue weighted by atomic mass is 16.5. The lowest BCUT2D eigenvalue weighted by atomic mass is 10.0. The lowest BCUT2D eigenvalue weighted by molar-refractivity contribution is 0.321. The van der Waals surface area contributed by atoms with E-state index < -0.39 is 16.9 Å². The Bertz CT molecular complexity index is 1050. The van der Waals surface area contributed by atoms with Gasteiger partial charge in [-0.05, 0) is 6.07 Å².